The molecule has 2 N–H and O–H groups in total. The summed E-state index contributed by atoms with van der Waals surface area (Å²) in [4.78, 5) is 2.55. The number of para-hydroxylation sites is 1. The van der Waals surface area contributed by atoms with E-state index in [1.165, 1.54) is 38.2 Å². The Morgan fingerprint density at radius 3 is 2.59 bits per heavy atom. The van der Waals surface area contributed by atoms with Gasteiger partial charge in [-0.05, 0) is 31.5 Å². The molecule has 17 heavy (non-hydrogen) atoms. The maximum atomic E-state index is 3.45. The molecule has 0 atom stereocenters. The predicted octanol–water partition coefficient (Wildman–Crippen LogP) is 1.78. The fourth-order valence-corrected chi connectivity index (χ4v) is 2.18. The van der Waals surface area contributed by atoms with E-state index < -0.39 is 0 Å². The standard InChI is InChI=1S/C14H23N3/c1-2-6-14(7-3-1)16-8-4-5-11-17-12-9-15-10-13-17/h1-3,6-7,15-16H,4-5,8-13H2. The molecule has 0 aromatic heterocycles. The van der Waals surface area contributed by atoms with Crippen LogP contribution >= 0.6 is 0 Å². The summed E-state index contributed by atoms with van der Waals surface area (Å²) >= 11 is 0. The largest absolute Gasteiger partial charge is 0.385 e. The van der Waals surface area contributed by atoms with E-state index in [1.807, 2.05) is 0 Å². The number of nitrogens with one attached hydrogen (secondary N) is 2. The topological polar surface area (TPSA) is 27.3 Å². The van der Waals surface area contributed by atoms with E-state index in [9.17, 15) is 0 Å². The zero-order valence-corrected chi connectivity index (χ0v) is 10.5. The molecule has 94 valence electrons. The molecule has 1 aliphatic heterocycles. The molecule has 1 fully saturated rings. The molecule has 1 aromatic carbocycles. The van der Waals surface area contributed by atoms with Crippen molar-refractivity contribution in [2.45, 2.75) is 12.8 Å². The van der Waals surface area contributed by atoms with Crippen LogP contribution in [-0.2, 0) is 0 Å². The van der Waals surface area contributed by atoms with Crippen LogP contribution in [0.2, 0.25) is 0 Å². The first kappa shape index (κ1) is 12.4. The van der Waals surface area contributed by atoms with E-state index >= 15 is 0 Å². The Bertz CT molecular complexity index is 294. The molecule has 2 rings (SSSR count). The van der Waals surface area contributed by atoms with Gasteiger partial charge in [0.1, 0.15) is 0 Å². The molecule has 0 radical (unpaired) electrons. The molecule has 1 aliphatic rings. The van der Waals surface area contributed by atoms with Gasteiger partial charge in [-0.25, -0.2) is 0 Å². The average molecular weight is 233 g/mol. The zero-order valence-electron chi connectivity index (χ0n) is 10.5. The lowest BCUT2D eigenvalue weighted by atomic mass is 10.2. The monoisotopic (exact) mass is 233 g/mol. The Labute approximate surface area is 104 Å². The van der Waals surface area contributed by atoms with Crippen LogP contribution in [0.4, 0.5) is 5.69 Å². The van der Waals surface area contributed by atoms with Crippen LogP contribution in [0.3, 0.4) is 0 Å². The predicted molar refractivity (Wildman–Crippen MR) is 73.5 cm³/mol. The second-order valence-electron chi connectivity index (χ2n) is 4.59. The number of unbranched alkanes of at least 4 members (excludes halogenated alkanes) is 1. The van der Waals surface area contributed by atoms with Crippen LogP contribution in [0.15, 0.2) is 30.3 Å². The number of rotatable bonds is 6. The number of benzene rings is 1. The Kier molecular flexibility index (Phi) is 5.33. The first-order valence-corrected chi connectivity index (χ1v) is 6.67. The minimum absolute atomic E-state index is 1.08. The molecule has 3 nitrogen and oxygen atoms in total. The Morgan fingerprint density at radius 2 is 1.82 bits per heavy atom. The highest BCUT2D eigenvalue weighted by Gasteiger charge is 2.07. The molecule has 1 aromatic rings. The molecule has 1 heterocycles. The number of nitrogens with zero attached hydrogens (tertiary/aromatic N) is 1. The van der Waals surface area contributed by atoms with Crippen molar-refractivity contribution in [3.05, 3.63) is 30.3 Å². The maximum Gasteiger partial charge on any atom is 0.0340 e. The summed E-state index contributed by atoms with van der Waals surface area (Å²) in [5, 5.41) is 6.84. The number of anilines is 1. The fraction of sp³-hybridized carbons (Fsp3) is 0.571. The summed E-state index contributed by atoms with van der Waals surface area (Å²) in [7, 11) is 0. The van der Waals surface area contributed by atoms with E-state index in [0.717, 1.165) is 19.6 Å². The minimum atomic E-state index is 1.08. The highest BCUT2D eigenvalue weighted by atomic mass is 15.2. The Morgan fingerprint density at radius 1 is 1.06 bits per heavy atom. The molecule has 3 heteroatoms. The molecule has 1 saturated heterocycles. The van der Waals surface area contributed by atoms with Crippen molar-refractivity contribution < 1.29 is 0 Å². The van der Waals surface area contributed by atoms with Gasteiger partial charge in [-0.15, -0.1) is 0 Å². The quantitative estimate of drug-likeness (QED) is 0.734. The van der Waals surface area contributed by atoms with E-state index in [1.54, 1.807) is 0 Å². The summed E-state index contributed by atoms with van der Waals surface area (Å²) in [5.41, 5.74) is 1.23. The highest BCUT2D eigenvalue weighted by molar-refractivity contribution is 5.42. The van der Waals surface area contributed by atoms with Gasteiger partial charge in [-0.1, -0.05) is 18.2 Å². The first-order valence-electron chi connectivity index (χ1n) is 6.67. The van der Waals surface area contributed by atoms with Gasteiger partial charge in [0, 0.05) is 38.4 Å². The van der Waals surface area contributed by atoms with E-state index in [2.05, 4.69) is 45.9 Å². The van der Waals surface area contributed by atoms with Gasteiger partial charge in [0.15, 0.2) is 0 Å². The smallest absolute Gasteiger partial charge is 0.0340 e. The molecule has 0 aliphatic carbocycles. The highest BCUT2D eigenvalue weighted by Crippen LogP contribution is 2.05. The minimum Gasteiger partial charge on any atom is -0.385 e. The van der Waals surface area contributed by atoms with Crippen molar-refractivity contribution in [2.75, 3.05) is 44.6 Å². The lowest BCUT2D eigenvalue weighted by Gasteiger charge is -2.27. The molecule has 0 spiro atoms. The maximum absolute atomic E-state index is 3.45. The molecule has 0 amide bonds. The number of piperazine rings is 1. The van der Waals surface area contributed by atoms with Gasteiger partial charge in [0.2, 0.25) is 0 Å². The van der Waals surface area contributed by atoms with Gasteiger partial charge in [0.25, 0.3) is 0 Å². The van der Waals surface area contributed by atoms with Crippen LogP contribution in [0.25, 0.3) is 0 Å². The van der Waals surface area contributed by atoms with Crippen molar-refractivity contribution in [3.8, 4) is 0 Å². The Balaban J connectivity index is 1.51. The summed E-state index contributed by atoms with van der Waals surface area (Å²) in [5.74, 6) is 0. The van der Waals surface area contributed by atoms with Gasteiger partial charge >= 0.3 is 0 Å². The number of hydrogen-bond acceptors (Lipinski definition) is 3. The fourth-order valence-electron chi connectivity index (χ4n) is 2.18. The zero-order chi connectivity index (χ0) is 11.8. The summed E-state index contributed by atoms with van der Waals surface area (Å²) in [6.45, 7) is 7.07. The Hall–Kier alpha value is -1.06. The lowest BCUT2D eigenvalue weighted by molar-refractivity contribution is 0.237. The third-order valence-electron chi connectivity index (χ3n) is 3.21. The second-order valence-corrected chi connectivity index (χ2v) is 4.59. The van der Waals surface area contributed by atoms with Crippen molar-refractivity contribution >= 4 is 5.69 Å². The van der Waals surface area contributed by atoms with Gasteiger partial charge in [0.05, 0.1) is 0 Å². The summed E-state index contributed by atoms with van der Waals surface area (Å²) in [6.07, 6.45) is 2.54. The summed E-state index contributed by atoms with van der Waals surface area (Å²) in [6, 6.07) is 10.4. The average Bonchev–Trinajstić information content (AvgIpc) is 2.41. The van der Waals surface area contributed by atoms with E-state index in [-0.39, 0.29) is 0 Å². The van der Waals surface area contributed by atoms with Crippen molar-refractivity contribution in [1.29, 1.82) is 0 Å². The molecular formula is C14H23N3. The van der Waals surface area contributed by atoms with Gasteiger partial charge < -0.3 is 15.5 Å². The van der Waals surface area contributed by atoms with Crippen LogP contribution < -0.4 is 10.6 Å². The van der Waals surface area contributed by atoms with Crippen molar-refractivity contribution in [1.82, 2.24) is 10.2 Å². The van der Waals surface area contributed by atoms with Crippen LogP contribution in [-0.4, -0.2) is 44.2 Å². The second kappa shape index (κ2) is 7.30. The molecule has 0 saturated carbocycles. The van der Waals surface area contributed by atoms with E-state index in [4.69, 9.17) is 0 Å². The van der Waals surface area contributed by atoms with Gasteiger partial charge in [-0.3, -0.25) is 0 Å². The third-order valence-corrected chi connectivity index (χ3v) is 3.21. The third kappa shape index (κ3) is 4.75. The van der Waals surface area contributed by atoms with Gasteiger partial charge in [-0.2, -0.15) is 0 Å². The van der Waals surface area contributed by atoms with E-state index in [0.29, 0.717) is 0 Å². The first-order chi connectivity index (χ1) is 8.45. The number of hydrogen-bond donors (Lipinski definition) is 2. The normalized spacial score (nSPS) is 16.9. The van der Waals surface area contributed by atoms with Crippen molar-refractivity contribution in [3.63, 3.8) is 0 Å². The van der Waals surface area contributed by atoms with Crippen LogP contribution in [0.1, 0.15) is 12.8 Å². The summed E-state index contributed by atoms with van der Waals surface area (Å²) < 4.78 is 0. The molecular weight excluding hydrogens is 210 g/mol. The molecule has 0 bridgehead atoms. The van der Waals surface area contributed by atoms with Crippen LogP contribution in [0, 0.1) is 0 Å². The van der Waals surface area contributed by atoms with Crippen molar-refractivity contribution in [2.24, 2.45) is 0 Å². The SMILES string of the molecule is c1ccc(NCCCCN2CCNCC2)cc1. The lowest BCUT2D eigenvalue weighted by Crippen LogP contribution is -2.43. The van der Waals surface area contributed by atoms with Crippen LogP contribution in [0.5, 0.6) is 0 Å². The molecule has 0 unspecified atom stereocenters.